The van der Waals surface area contributed by atoms with Crippen LogP contribution in [0.15, 0.2) is 54.6 Å². The molecule has 0 heterocycles. The molecule has 0 aliphatic rings. The molecule has 0 atom stereocenters. The number of nitro groups is 1. The molecule has 2 rings (SSSR count). The monoisotopic (exact) mass is 385 g/mol. The zero-order valence-electron chi connectivity index (χ0n) is 15.3. The first-order valence-corrected chi connectivity index (χ1v) is 8.61. The standard InChI is InChI=1S/C20H20FN3O4/c1-2-23(14-19(25)22-13-16-3-8-17(21)9-4-16)20(26)12-7-15-5-10-18(11-6-15)24(27)28/h3-12H,2,13-14H2,1H3,(H,22,25)/b12-7+. The van der Waals surface area contributed by atoms with Crippen LogP contribution in [-0.4, -0.2) is 34.7 Å². The third kappa shape index (κ3) is 6.31. The van der Waals surface area contributed by atoms with Crippen LogP contribution in [0.25, 0.3) is 6.08 Å². The van der Waals surface area contributed by atoms with Gasteiger partial charge in [-0.3, -0.25) is 19.7 Å². The van der Waals surface area contributed by atoms with Crippen molar-refractivity contribution in [1.82, 2.24) is 10.2 Å². The molecule has 146 valence electrons. The van der Waals surface area contributed by atoms with E-state index in [0.29, 0.717) is 12.1 Å². The summed E-state index contributed by atoms with van der Waals surface area (Å²) in [5.74, 6) is -1.03. The maximum atomic E-state index is 12.9. The van der Waals surface area contributed by atoms with Gasteiger partial charge < -0.3 is 10.2 Å². The summed E-state index contributed by atoms with van der Waals surface area (Å²) in [6.07, 6.45) is 2.85. The van der Waals surface area contributed by atoms with Crippen LogP contribution >= 0.6 is 0 Å². The Balaban J connectivity index is 1.88. The first kappa shape index (κ1) is 20.8. The SMILES string of the molecule is CCN(CC(=O)NCc1ccc(F)cc1)C(=O)/C=C/c1ccc([N+](=O)[O-])cc1. The Morgan fingerprint density at radius 2 is 1.79 bits per heavy atom. The number of nitro benzene ring substituents is 1. The molecule has 7 nitrogen and oxygen atoms in total. The van der Waals surface area contributed by atoms with Crippen molar-refractivity contribution < 1.29 is 18.9 Å². The number of halogens is 1. The number of amides is 2. The Bertz CT molecular complexity index is 864. The third-order valence-electron chi connectivity index (χ3n) is 3.95. The smallest absolute Gasteiger partial charge is 0.269 e. The molecule has 0 radical (unpaired) electrons. The quantitative estimate of drug-likeness (QED) is 0.430. The fourth-order valence-corrected chi connectivity index (χ4v) is 2.36. The van der Waals surface area contributed by atoms with Crippen molar-refractivity contribution in [2.75, 3.05) is 13.1 Å². The maximum Gasteiger partial charge on any atom is 0.269 e. The number of nitrogens with one attached hydrogen (secondary N) is 1. The Kier molecular flexibility index (Phi) is 7.38. The molecule has 2 aromatic carbocycles. The summed E-state index contributed by atoms with van der Waals surface area (Å²) in [7, 11) is 0. The second kappa shape index (κ2) is 9.96. The number of carbonyl (C=O) groups excluding carboxylic acids is 2. The molecule has 8 heteroatoms. The number of carbonyl (C=O) groups is 2. The molecule has 2 amide bonds. The van der Waals surface area contributed by atoms with Crippen LogP contribution in [0.1, 0.15) is 18.1 Å². The lowest BCUT2D eigenvalue weighted by atomic mass is 10.2. The normalized spacial score (nSPS) is 10.6. The van der Waals surface area contributed by atoms with Gasteiger partial charge >= 0.3 is 0 Å². The van der Waals surface area contributed by atoms with Crippen molar-refractivity contribution >= 4 is 23.6 Å². The lowest BCUT2D eigenvalue weighted by Crippen LogP contribution is -2.39. The summed E-state index contributed by atoms with van der Waals surface area (Å²) in [6, 6.07) is 11.5. The Labute approximate surface area is 161 Å². The van der Waals surface area contributed by atoms with Crippen LogP contribution in [0.5, 0.6) is 0 Å². The average Bonchev–Trinajstić information content (AvgIpc) is 2.70. The van der Waals surface area contributed by atoms with Crippen molar-refractivity contribution in [2.24, 2.45) is 0 Å². The van der Waals surface area contributed by atoms with E-state index in [4.69, 9.17) is 0 Å². The molecular weight excluding hydrogens is 365 g/mol. The number of benzene rings is 2. The highest BCUT2D eigenvalue weighted by Crippen LogP contribution is 2.13. The van der Waals surface area contributed by atoms with E-state index < -0.39 is 4.92 Å². The van der Waals surface area contributed by atoms with Crippen molar-refractivity contribution in [3.63, 3.8) is 0 Å². The first-order chi connectivity index (χ1) is 13.4. The van der Waals surface area contributed by atoms with E-state index in [2.05, 4.69) is 5.32 Å². The van der Waals surface area contributed by atoms with Gasteiger partial charge in [0.2, 0.25) is 11.8 Å². The highest BCUT2D eigenvalue weighted by atomic mass is 19.1. The van der Waals surface area contributed by atoms with Crippen LogP contribution in [0.2, 0.25) is 0 Å². The van der Waals surface area contributed by atoms with E-state index in [1.165, 1.54) is 53.5 Å². The predicted octanol–water partition coefficient (Wildman–Crippen LogP) is 2.91. The fourth-order valence-electron chi connectivity index (χ4n) is 2.36. The Morgan fingerprint density at radius 3 is 2.36 bits per heavy atom. The Morgan fingerprint density at radius 1 is 1.14 bits per heavy atom. The predicted molar refractivity (Wildman–Crippen MR) is 103 cm³/mol. The van der Waals surface area contributed by atoms with Gasteiger partial charge in [-0.2, -0.15) is 0 Å². The molecule has 0 unspecified atom stereocenters. The topological polar surface area (TPSA) is 92.6 Å². The van der Waals surface area contributed by atoms with E-state index in [9.17, 15) is 24.1 Å². The number of rotatable bonds is 8. The Hall–Kier alpha value is -3.55. The largest absolute Gasteiger partial charge is 0.350 e. The van der Waals surface area contributed by atoms with Crippen molar-refractivity contribution in [2.45, 2.75) is 13.5 Å². The number of hydrogen-bond acceptors (Lipinski definition) is 4. The molecule has 1 N–H and O–H groups in total. The highest BCUT2D eigenvalue weighted by molar-refractivity contribution is 5.94. The maximum absolute atomic E-state index is 12.9. The molecule has 0 aliphatic carbocycles. The molecule has 0 aromatic heterocycles. The molecule has 0 spiro atoms. The number of non-ortho nitro benzene ring substituents is 1. The van der Waals surface area contributed by atoms with Gasteiger partial charge in [-0.1, -0.05) is 12.1 Å². The molecule has 0 fully saturated rings. The summed E-state index contributed by atoms with van der Waals surface area (Å²) in [6.45, 7) is 2.23. The lowest BCUT2D eigenvalue weighted by molar-refractivity contribution is -0.384. The van der Waals surface area contributed by atoms with Gasteiger partial charge in [0.1, 0.15) is 5.82 Å². The van der Waals surface area contributed by atoms with Crippen LogP contribution in [0.4, 0.5) is 10.1 Å². The zero-order valence-corrected chi connectivity index (χ0v) is 15.3. The van der Waals surface area contributed by atoms with E-state index in [1.54, 1.807) is 19.1 Å². The van der Waals surface area contributed by atoms with E-state index in [-0.39, 0.29) is 36.4 Å². The summed E-state index contributed by atoms with van der Waals surface area (Å²) in [5, 5.41) is 13.3. The minimum atomic E-state index is -0.498. The molecule has 0 saturated heterocycles. The van der Waals surface area contributed by atoms with Crippen LogP contribution in [-0.2, 0) is 16.1 Å². The van der Waals surface area contributed by atoms with E-state index in [1.807, 2.05) is 0 Å². The third-order valence-corrected chi connectivity index (χ3v) is 3.95. The van der Waals surface area contributed by atoms with Crippen LogP contribution in [0, 0.1) is 15.9 Å². The fraction of sp³-hybridized carbons (Fsp3) is 0.200. The van der Waals surface area contributed by atoms with Gasteiger partial charge in [0.05, 0.1) is 11.5 Å². The average molecular weight is 385 g/mol. The van der Waals surface area contributed by atoms with Crippen molar-refractivity contribution in [3.8, 4) is 0 Å². The van der Waals surface area contributed by atoms with Crippen molar-refractivity contribution in [3.05, 3.63) is 81.7 Å². The minimum absolute atomic E-state index is 0.0310. The van der Waals surface area contributed by atoms with Crippen LogP contribution < -0.4 is 5.32 Å². The molecule has 2 aromatic rings. The summed E-state index contributed by atoms with van der Waals surface area (Å²) < 4.78 is 12.9. The number of hydrogen-bond donors (Lipinski definition) is 1. The molecular formula is C20H20FN3O4. The molecule has 28 heavy (non-hydrogen) atoms. The van der Waals surface area contributed by atoms with E-state index in [0.717, 1.165) is 5.56 Å². The van der Waals surface area contributed by atoms with E-state index >= 15 is 0 Å². The number of likely N-dealkylation sites (N-methyl/N-ethyl adjacent to an activating group) is 1. The number of nitrogens with zero attached hydrogens (tertiary/aromatic N) is 2. The van der Waals surface area contributed by atoms with Gasteiger partial charge in [-0.25, -0.2) is 4.39 Å². The zero-order chi connectivity index (χ0) is 20.5. The van der Waals surface area contributed by atoms with Crippen LogP contribution in [0.3, 0.4) is 0 Å². The second-order valence-corrected chi connectivity index (χ2v) is 5.94. The summed E-state index contributed by atoms with van der Waals surface area (Å²) in [4.78, 5) is 35.8. The van der Waals surface area contributed by atoms with Gasteiger partial charge in [0.15, 0.2) is 0 Å². The van der Waals surface area contributed by atoms with Gasteiger partial charge in [0, 0.05) is 31.3 Å². The first-order valence-electron chi connectivity index (χ1n) is 8.61. The van der Waals surface area contributed by atoms with Gasteiger partial charge in [-0.15, -0.1) is 0 Å². The van der Waals surface area contributed by atoms with Gasteiger partial charge in [0.25, 0.3) is 5.69 Å². The summed E-state index contributed by atoms with van der Waals surface area (Å²) >= 11 is 0. The lowest BCUT2D eigenvalue weighted by Gasteiger charge is -2.18. The highest BCUT2D eigenvalue weighted by Gasteiger charge is 2.13. The molecule has 0 bridgehead atoms. The summed E-state index contributed by atoms with van der Waals surface area (Å²) in [5.41, 5.74) is 1.36. The second-order valence-electron chi connectivity index (χ2n) is 5.94. The minimum Gasteiger partial charge on any atom is -0.350 e. The van der Waals surface area contributed by atoms with Gasteiger partial charge in [-0.05, 0) is 48.4 Å². The van der Waals surface area contributed by atoms with Crippen molar-refractivity contribution in [1.29, 1.82) is 0 Å². The molecule has 0 aliphatic heterocycles. The molecule has 0 saturated carbocycles.